The number of aliphatic hydroxyl groups is 1. The molecular formula is C21H30N6O2. The molecule has 8 heteroatoms. The number of hydrogen-bond acceptors (Lipinski definition) is 7. The summed E-state index contributed by atoms with van der Waals surface area (Å²) >= 11 is 0. The maximum Gasteiger partial charge on any atom is 0.219 e. The van der Waals surface area contributed by atoms with Crippen LogP contribution in [0.5, 0.6) is 0 Å². The zero-order chi connectivity index (χ0) is 20.6. The third-order valence-corrected chi connectivity index (χ3v) is 6.05. The first-order chi connectivity index (χ1) is 13.8. The van der Waals surface area contributed by atoms with Crippen LogP contribution in [0.4, 0.5) is 11.5 Å². The van der Waals surface area contributed by atoms with Gasteiger partial charge in [-0.25, -0.2) is 9.97 Å². The lowest BCUT2D eigenvalue weighted by Gasteiger charge is -2.39. The molecule has 1 unspecified atom stereocenters. The Morgan fingerprint density at radius 3 is 2.59 bits per heavy atom. The van der Waals surface area contributed by atoms with E-state index in [1.165, 1.54) is 5.69 Å². The lowest BCUT2D eigenvalue weighted by atomic mass is 10.0. The second kappa shape index (κ2) is 7.76. The maximum absolute atomic E-state index is 11.6. The van der Waals surface area contributed by atoms with Crippen LogP contribution in [-0.4, -0.2) is 96.3 Å². The molecular weight excluding hydrogens is 368 g/mol. The Labute approximate surface area is 171 Å². The van der Waals surface area contributed by atoms with Crippen LogP contribution in [0.1, 0.15) is 13.3 Å². The molecule has 3 heterocycles. The van der Waals surface area contributed by atoms with Gasteiger partial charge >= 0.3 is 0 Å². The van der Waals surface area contributed by atoms with Gasteiger partial charge in [-0.15, -0.1) is 0 Å². The van der Waals surface area contributed by atoms with E-state index in [9.17, 15) is 9.90 Å². The molecule has 4 rings (SSSR count). The van der Waals surface area contributed by atoms with E-state index in [1.807, 2.05) is 19.0 Å². The monoisotopic (exact) mass is 398 g/mol. The van der Waals surface area contributed by atoms with Crippen molar-refractivity contribution in [2.75, 3.05) is 69.7 Å². The Balaban J connectivity index is 1.41. The highest BCUT2D eigenvalue weighted by atomic mass is 16.3. The minimum atomic E-state index is -0.783. The third kappa shape index (κ3) is 4.13. The average molecular weight is 399 g/mol. The number of hydrogen-bond donors (Lipinski definition) is 1. The Kier molecular flexibility index (Phi) is 5.31. The molecule has 0 spiro atoms. The zero-order valence-electron chi connectivity index (χ0n) is 17.5. The van der Waals surface area contributed by atoms with Gasteiger partial charge in [0.05, 0.1) is 17.7 Å². The van der Waals surface area contributed by atoms with Gasteiger partial charge in [-0.05, 0) is 24.6 Å². The van der Waals surface area contributed by atoms with Crippen molar-refractivity contribution in [1.29, 1.82) is 0 Å². The highest BCUT2D eigenvalue weighted by Crippen LogP contribution is 2.28. The first-order valence-electron chi connectivity index (χ1n) is 10.2. The number of rotatable bonds is 4. The topological polar surface area (TPSA) is 76.0 Å². The molecule has 2 aliphatic heterocycles. The highest BCUT2D eigenvalue weighted by Gasteiger charge is 2.39. The summed E-state index contributed by atoms with van der Waals surface area (Å²) < 4.78 is 0. The number of carbonyl (C=O) groups excluding carboxylic acids is 1. The highest BCUT2D eigenvalue weighted by molar-refractivity contribution is 5.91. The van der Waals surface area contributed by atoms with Crippen molar-refractivity contribution in [1.82, 2.24) is 19.8 Å². The standard InChI is InChI=1S/C21H30N6O2/c1-16(28)27-7-6-21(29,14-27)13-25-8-10-26(11-9-25)17-4-5-19-18(12-17)20(24(2)3)23-15-22-19/h4-5,12,15,29H,6-11,13-14H2,1-3H3. The molecule has 8 nitrogen and oxygen atoms in total. The maximum atomic E-state index is 11.6. The van der Waals surface area contributed by atoms with Gasteiger partial charge in [0.1, 0.15) is 12.1 Å². The van der Waals surface area contributed by atoms with Gasteiger partial charge in [-0.3, -0.25) is 9.69 Å². The molecule has 1 amide bonds. The Bertz CT molecular complexity index is 896. The SMILES string of the molecule is CC(=O)N1CCC(O)(CN2CCN(c3ccc4ncnc(N(C)C)c4c3)CC2)C1. The van der Waals surface area contributed by atoms with Gasteiger partial charge in [0, 0.05) is 71.4 Å². The van der Waals surface area contributed by atoms with Gasteiger partial charge in [-0.2, -0.15) is 0 Å². The molecule has 2 aliphatic rings. The molecule has 2 aromatic rings. The number of fused-ring (bicyclic) bond motifs is 1. The number of anilines is 2. The summed E-state index contributed by atoms with van der Waals surface area (Å²) in [6.07, 6.45) is 2.27. The van der Waals surface area contributed by atoms with Crippen LogP contribution < -0.4 is 9.80 Å². The predicted octanol–water partition coefficient (Wildman–Crippen LogP) is 0.801. The third-order valence-electron chi connectivity index (χ3n) is 6.05. The van der Waals surface area contributed by atoms with Crippen LogP contribution in [0.2, 0.25) is 0 Å². The number of β-amino-alcohol motifs (C(OH)–C–C–N with tert-alkyl or cyclic N) is 1. The summed E-state index contributed by atoms with van der Waals surface area (Å²) in [5.41, 5.74) is 1.34. The quantitative estimate of drug-likeness (QED) is 0.816. The van der Waals surface area contributed by atoms with Crippen molar-refractivity contribution in [2.45, 2.75) is 18.9 Å². The molecule has 0 bridgehead atoms. The van der Waals surface area contributed by atoms with Crippen LogP contribution in [0, 0.1) is 0 Å². The van der Waals surface area contributed by atoms with Gasteiger partial charge in [-0.1, -0.05) is 0 Å². The molecule has 0 radical (unpaired) electrons. The molecule has 29 heavy (non-hydrogen) atoms. The van der Waals surface area contributed by atoms with Crippen molar-refractivity contribution in [3.8, 4) is 0 Å². The average Bonchev–Trinajstić information content (AvgIpc) is 3.09. The molecule has 1 aromatic heterocycles. The van der Waals surface area contributed by atoms with Crippen LogP contribution in [0.25, 0.3) is 10.9 Å². The van der Waals surface area contributed by atoms with Gasteiger partial charge in [0.25, 0.3) is 0 Å². The largest absolute Gasteiger partial charge is 0.387 e. The number of likely N-dealkylation sites (tertiary alicyclic amines) is 1. The Hall–Kier alpha value is -2.45. The van der Waals surface area contributed by atoms with E-state index in [-0.39, 0.29) is 5.91 Å². The van der Waals surface area contributed by atoms with Gasteiger partial charge in [0.15, 0.2) is 0 Å². The normalized spacial score (nSPS) is 23.0. The van der Waals surface area contributed by atoms with Crippen molar-refractivity contribution >= 4 is 28.3 Å². The fraction of sp³-hybridized carbons (Fsp3) is 0.571. The van der Waals surface area contributed by atoms with Gasteiger partial charge in [0.2, 0.25) is 5.91 Å². The van der Waals surface area contributed by atoms with Crippen LogP contribution >= 0.6 is 0 Å². The summed E-state index contributed by atoms with van der Waals surface area (Å²) in [5, 5.41) is 11.9. The molecule has 1 atom stereocenters. The van der Waals surface area contributed by atoms with Crippen molar-refractivity contribution < 1.29 is 9.90 Å². The number of piperazine rings is 1. The summed E-state index contributed by atoms with van der Waals surface area (Å²) in [7, 11) is 3.99. The van der Waals surface area contributed by atoms with Crippen molar-refractivity contribution in [2.24, 2.45) is 0 Å². The molecule has 2 fully saturated rings. The zero-order valence-corrected chi connectivity index (χ0v) is 17.5. The first kappa shape index (κ1) is 19.8. The number of amides is 1. The Morgan fingerprint density at radius 2 is 1.93 bits per heavy atom. The van der Waals surface area contributed by atoms with Crippen LogP contribution in [0.15, 0.2) is 24.5 Å². The van der Waals surface area contributed by atoms with Crippen LogP contribution in [-0.2, 0) is 4.79 Å². The van der Waals surface area contributed by atoms with E-state index in [2.05, 4.69) is 38.0 Å². The number of carbonyl (C=O) groups is 1. The summed E-state index contributed by atoms with van der Waals surface area (Å²) in [5.74, 6) is 0.970. The minimum Gasteiger partial charge on any atom is -0.387 e. The summed E-state index contributed by atoms with van der Waals surface area (Å²) in [4.78, 5) is 28.8. The summed E-state index contributed by atoms with van der Waals surface area (Å²) in [6.45, 7) is 6.89. The van der Waals surface area contributed by atoms with E-state index < -0.39 is 5.60 Å². The predicted molar refractivity (Wildman–Crippen MR) is 114 cm³/mol. The Morgan fingerprint density at radius 1 is 1.17 bits per heavy atom. The molecule has 2 saturated heterocycles. The van der Waals surface area contributed by atoms with Gasteiger partial charge < -0.3 is 19.8 Å². The first-order valence-corrected chi connectivity index (χ1v) is 10.2. The van der Waals surface area contributed by atoms with Crippen molar-refractivity contribution in [3.05, 3.63) is 24.5 Å². The molecule has 0 aliphatic carbocycles. The smallest absolute Gasteiger partial charge is 0.219 e. The lowest BCUT2D eigenvalue weighted by molar-refractivity contribution is -0.128. The fourth-order valence-corrected chi connectivity index (χ4v) is 4.42. The number of benzene rings is 1. The lowest BCUT2D eigenvalue weighted by Crippen LogP contribution is -2.53. The van der Waals surface area contributed by atoms with E-state index in [0.29, 0.717) is 26.1 Å². The second-order valence-electron chi connectivity index (χ2n) is 8.47. The van der Waals surface area contributed by atoms with E-state index in [1.54, 1.807) is 18.2 Å². The second-order valence-corrected chi connectivity index (χ2v) is 8.47. The molecule has 1 aromatic carbocycles. The van der Waals surface area contributed by atoms with E-state index in [4.69, 9.17) is 0 Å². The van der Waals surface area contributed by atoms with Crippen LogP contribution in [0.3, 0.4) is 0 Å². The molecule has 1 N–H and O–H groups in total. The minimum absolute atomic E-state index is 0.0446. The number of nitrogens with zero attached hydrogens (tertiary/aromatic N) is 6. The molecule has 156 valence electrons. The fourth-order valence-electron chi connectivity index (χ4n) is 4.42. The van der Waals surface area contributed by atoms with E-state index >= 15 is 0 Å². The summed E-state index contributed by atoms with van der Waals surface area (Å²) in [6, 6.07) is 6.36. The van der Waals surface area contributed by atoms with E-state index in [0.717, 1.165) is 42.9 Å². The molecule has 0 saturated carbocycles. The van der Waals surface area contributed by atoms with Crippen molar-refractivity contribution in [3.63, 3.8) is 0 Å². The number of aromatic nitrogens is 2.